The monoisotopic (exact) mass is 492 g/mol. The van der Waals surface area contributed by atoms with E-state index in [1.54, 1.807) is 12.1 Å². The van der Waals surface area contributed by atoms with Crippen molar-refractivity contribution in [3.8, 4) is 0 Å². The van der Waals surface area contributed by atoms with Crippen LogP contribution in [0.3, 0.4) is 0 Å². The van der Waals surface area contributed by atoms with Gasteiger partial charge in [0.2, 0.25) is 15.9 Å². The maximum atomic E-state index is 13.5. The Morgan fingerprint density at radius 2 is 1.79 bits per heavy atom. The molecule has 9 heteroatoms. The molecule has 174 valence electrons. The van der Waals surface area contributed by atoms with Crippen LogP contribution in [0.4, 0.5) is 0 Å². The Kier molecular flexibility index (Phi) is 6.40. The first-order valence-corrected chi connectivity index (χ1v) is 13.4. The summed E-state index contributed by atoms with van der Waals surface area (Å²) in [6.45, 7) is 0. The minimum atomic E-state index is -4.03. The topological polar surface area (TPSA) is 101 Å². The van der Waals surface area contributed by atoms with Crippen molar-refractivity contribution in [2.24, 2.45) is 0 Å². The molecule has 1 aliphatic carbocycles. The zero-order valence-corrected chi connectivity index (χ0v) is 20.0. The number of aryl methyl sites for hydroxylation is 1. The third kappa shape index (κ3) is 4.72. The molecule has 1 aliphatic rings. The molecule has 34 heavy (non-hydrogen) atoms. The quantitative estimate of drug-likeness (QED) is 0.409. The molecular formula is C25H24N4O3S2. The number of nitrogens with zero attached hydrogens (tertiary/aromatic N) is 2. The first-order valence-electron chi connectivity index (χ1n) is 11.2. The van der Waals surface area contributed by atoms with E-state index in [9.17, 15) is 13.2 Å². The average Bonchev–Trinajstić information content (AvgIpc) is 3.33. The number of hydrogen-bond acceptors (Lipinski definition) is 6. The molecule has 3 aromatic carbocycles. The van der Waals surface area contributed by atoms with Crippen LogP contribution in [0.1, 0.15) is 35.6 Å². The van der Waals surface area contributed by atoms with Gasteiger partial charge in [0.05, 0.1) is 17.8 Å². The lowest BCUT2D eigenvalue weighted by Crippen LogP contribution is -2.49. The van der Waals surface area contributed by atoms with Crippen LogP contribution in [-0.4, -0.2) is 29.1 Å². The molecule has 0 aliphatic heterocycles. The zero-order valence-electron chi connectivity index (χ0n) is 18.3. The predicted octanol–water partition coefficient (Wildman–Crippen LogP) is 3.77. The van der Waals surface area contributed by atoms with Gasteiger partial charge in [-0.05, 0) is 54.5 Å². The summed E-state index contributed by atoms with van der Waals surface area (Å²) in [5, 5.41) is 3.11. The number of amides is 1. The molecule has 7 nitrogen and oxygen atoms in total. The predicted molar refractivity (Wildman–Crippen MR) is 132 cm³/mol. The summed E-state index contributed by atoms with van der Waals surface area (Å²) in [5.74, 6) is -0.349. The molecule has 5 rings (SSSR count). The van der Waals surface area contributed by atoms with Gasteiger partial charge in [-0.1, -0.05) is 60.7 Å². The highest BCUT2D eigenvalue weighted by molar-refractivity contribution is 7.89. The molecule has 0 bridgehead atoms. The highest BCUT2D eigenvalue weighted by Gasteiger charge is 2.30. The molecule has 0 radical (unpaired) electrons. The van der Waals surface area contributed by atoms with Gasteiger partial charge in [0.15, 0.2) is 0 Å². The summed E-state index contributed by atoms with van der Waals surface area (Å²) in [5.41, 5.74) is 4.00. The average molecular weight is 493 g/mol. The third-order valence-corrected chi connectivity index (χ3v) is 8.17. The summed E-state index contributed by atoms with van der Waals surface area (Å²) in [6, 6.07) is 21.2. The van der Waals surface area contributed by atoms with Crippen molar-refractivity contribution in [2.45, 2.75) is 42.7 Å². The molecule has 1 heterocycles. The van der Waals surface area contributed by atoms with Crippen molar-refractivity contribution >= 4 is 38.7 Å². The molecular weight excluding hydrogens is 468 g/mol. The number of carbonyl (C=O) groups excluding carboxylic acids is 1. The van der Waals surface area contributed by atoms with Crippen molar-refractivity contribution in [2.75, 3.05) is 0 Å². The Hall–Kier alpha value is -3.14. The molecule has 0 spiro atoms. The molecule has 0 saturated heterocycles. The summed E-state index contributed by atoms with van der Waals surface area (Å²) < 4.78 is 37.7. The number of rotatable bonds is 7. The maximum absolute atomic E-state index is 13.5. The van der Waals surface area contributed by atoms with Crippen molar-refractivity contribution in [1.82, 2.24) is 18.8 Å². The van der Waals surface area contributed by atoms with E-state index in [4.69, 9.17) is 0 Å². The van der Waals surface area contributed by atoms with Crippen LogP contribution in [0, 0.1) is 0 Å². The maximum Gasteiger partial charge on any atom is 0.243 e. The zero-order chi connectivity index (χ0) is 23.5. The van der Waals surface area contributed by atoms with Gasteiger partial charge in [-0.25, -0.2) is 8.42 Å². The Morgan fingerprint density at radius 1 is 1.00 bits per heavy atom. The fraction of sp³-hybridized carbons (Fsp3) is 0.240. The first-order chi connectivity index (χ1) is 16.5. The first kappa shape index (κ1) is 22.6. The largest absolute Gasteiger partial charge is 0.348 e. The number of fused-ring (bicyclic) bond motifs is 2. The van der Waals surface area contributed by atoms with E-state index in [0.717, 1.165) is 42.1 Å². The van der Waals surface area contributed by atoms with E-state index < -0.39 is 16.1 Å². The lowest BCUT2D eigenvalue weighted by Gasteiger charge is -2.28. The van der Waals surface area contributed by atoms with Crippen LogP contribution in [0.5, 0.6) is 0 Å². The molecule has 2 N–H and O–H groups in total. The lowest BCUT2D eigenvalue weighted by molar-refractivity contribution is -0.123. The van der Waals surface area contributed by atoms with Gasteiger partial charge in [0, 0.05) is 0 Å². The molecule has 0 fully saturated rings. The van der Waals surface area contributed by atoms with Crippen LogP contribution in [0.15, 0.2) is 77.7 Å². The Bertz CT molecular complexity index is 1420. The number of benzene rings is 3. The van der Waals surface area contributed by atoms with E-state index in [2.05, 4.69) is 24.9 Å². The number of carbonyl (C=O) groups is 1. The Balaban J connectivity index is 1.44. The number of sulfonamides is 1. The van der Waals surface area contributed by atoms with Gasteiger partial charge < -0.3 is 5.32 Å². The van der Waals surface area contributed by atoms with Crippen LogP contribution >= 0.6 is 11.7 Å². The van der Waals surface area contributed by atoms with Crippen molar-refractivity contribution in [3.63, 3.8) is 0 Å². The van der Waals surface area contributed by atoms with Crippen molar-refractivity contribution in [1.29, 1.82) is 0 Å². The standard InChI is InChI=1S/C25H24N4O3S2/c30-25(26-20-13-6-11-18-10-4-5-12-19(18)20)22(16-17-8-2-1-3-9-17)29-34(31,32)23-15-7-14-21-24(23)28-33-27-21/h1-5,7-10,12,14-15,20,22,29H,6,11,13,16H2,(H,26,30)/t20-,22-/m0/s1. The van der Waals surface area contributed by atoms with E-state index in [1.807, 2.05) is 48.5 Å². The number of aromatic nitrogens is 2. The van der Waals surface area contributed by atoms with Crippen LogP contribution in [0.25, 0.3) is 11.0 Å². The van der Waals surface area contributed by atoms with E-state index in [1.165, 1.54) is 11.6 Å². The normalized spacial score (nSPS) is 16.6. The fourth-order valence-corrected chi connectivity index (χ4v) is 6.42. The summed E-state index contributed by atoms with van der Waals surface area (Å²) in [7, 11) is -4.03. The highest BCUT2D eigenvalue weighted by Crippen LogP contribution is 2.29. The van der Waals surface area contributed by atoms with Gasteiger partial charge in [0.25, 0.3) is 0 Å². The van der Waals surface area contributed by atoms with Crippen LogP contribution in [-0.2, 0) is 27.7 Å². The fourth-order valence-electron chi connectivity index (χ4n) is 4.46. The number of nitrogens with one attached hydrogen (secondary N) is 2. The Labute approximate surface area is 202 Å². The highest BCUT2D eigenvalue weighted by atomic mass is 32.2. The molecule has 1 aromatic heterocycles. The molecule has 4 aromatic rings. The molecule has 1 amide bonds. The molecule has 2 atom stereocenters. The lowest BCUT2D eigenvalue weighted by atomic mass is 9.87. The van der Waals surface area contributed by atoms with Crippen LogP contribution in [0.2, 0.25) is 0 Å². The van der Waals surface area contributed by atoms with E-state index in [-0.39, 0.29) is 23.3 Å². The van der Waals surface area contributed by atoms with Gasteiger partial charge >= 0.3 is 0 Å². The number of hydrogen-bond donors (Lipinski definition) is 2. The van der Waals surface area contributed by atoms with Gasteiger partial charge in [-0.15, -0.1) is 0 Å². The summed E-state index contributed by atoms with van der Waals surface area (Å²) in [6.07, 6.45) is 2.99. The third-order valence-electron chi connectivity index (χ3n) is 6.12. The van der Waals surface area contributed by atoms with E-state index in [0.29, 0.717) is 11.0 Å². The minimum Gasteiger partial charge on any atom is -0.348 e. The summed E-state index contributed by atoms with van der Waals surface area (Å²) >= 11 is 0.956. The summed E-state index contributed by atoms with van der Waals surface area (Å²) in [4.78, 5) is 13.5. The van der Waals surface area contributed by atoms with Crippen molar-refractivity contribution in [3.05, 3.63) is 89.5 Å². The SMILES string of the molecule is O=C(N[C@H]1CCCc2ccccc21)[C@H](Cc1ccccc1)NS(=O)(=O)c1cccc2nsnc12. The molecule has 0 unspecified atom stereocenters. The van der Waals surface area contributed by atoms with Gasteiger partial charge in [-0.2, -0.15) is 13.5 Å². The Morgan fingerprint density at radius 3 is 2.65 bits per heavy atom. The minimum absolute atomic E-state index is 0.0209. The van der Waals surface area contributed by atoms with Gasteiger partial charge in [0.1, 0.15) is 22.0 Å². The van der Waals surface area contributed by atoms with Gasteiger partial charge in [-0.3, -0.25) is 4.79 Å². The second-order valence-corrected chi connectivity index (χ2v) is 10.6. The van der Waals surface area contributed by atoms with Crippen molar-refractivity contribution < 1.29 is 13.2 Å². The second-order valence-electron chi connectivity index (χ2n) is 8.40. The smallest absolute Gasteiger partial charge is 0.243 e. The second kappa shape index (κ2) is 9.61. The van der Waals surface area contributed by atoms with Crippen LogP contribution < -0.4 is 10.0 Å². The molecule has 0 saturated carbocycles. The van der Waals surface area contributed by atoms with E-state index >= 15 is 0 Å².